The Morgan fingerprint density at radius 2 is 2.17 bits per heavy atom. The van der Waals surface area contributed by atoms with Crippen molar-refractivity contribution in [2.24, 2.45) is 5.92 Å². The van der Waals surface area contributed by atoms with Crippen LogP contribution in [0.1, 0.15) is 29.4 Å². The summed E-state index contributed by atoms with van der Waals surface area (Å²) in [6.07, 6.45) is 2.48. The molecule has 6 heteroatoms. The van der Waals surface area contributed by atoms with Gasteiger partial charge < -0.3 is 15.5 Å². The molecule has 1 aromatic rings. The summed E-state index contributed by atoms with van der Waals surface area (Å²) < 4.78 is 0. The number of aromatic nitrogens is 1. The lowest BCUT2D eigenvalue weighted by Gasteiger charge is -2.19. The van der Waals surface area contributed by atoms with Crippen molar-refractivity contribution in [2.75, 3.05) is 37.8 Å². The monoisotopic (exact) mass is 268 g/mol. The van der Waals surface area contributed by atoms with E-state index in [0.29, 0.717) is 16.6 Å². The number of nitrogens with two attached hydrogens (primary N) is 1. The summed E-state index contributed by atoms with van der Waals surface area (Å²) >= 11 is 1.37. The van der Waals surface area contributed by atoms with Crippen molar-refractivity contribution < 1.29 is 4.79 Å². The third kappa shape index (κ3) is 2.75. The van der Waals surface area contributed by atoms with E-state index in [9.17, 15) is 4.79 Å². The molecular formula is C12H20N4OS. The third-order valence-corrected chi connectivity index (χ3v) is 4.29. The standard InChI is InChI=1S/C12H20N4OS/c1-4-16(7-8-5-6-8)11(17)9-10(13)14-12(18-9)15(2)3/h8H,4-7,13H2,1-3H3. The van der Waals surface area contributed by atoms with Gasteiger partial charge in [-0.15, -0.1) is 0 Å². The van der Waals surface area contributed by atoms with Gasteiger partial charge in [-0.25, -0.2) is 4.98 Å². The Balaban J connectivity index is 2.15. The van der Waals surface area contributed by atoms with E-state index in [2.05, 4.69) is 4.98 Å². The molecule has 0 saturated heterocycles. The molecule has 2 N–H and O–H groups in total. The van der Waals surface area contributed by atoms with E-state index in [1.807, 2.05) is 30.8 Å². The number of thiazole rings is 1. The van der Waals surface area contributed by atoms with Crippen molar-refractivity contribution in [3.8, 4) is 0 Å². The summed E-state index contributed by atoms with van der Waals surface area (Å²) in [6, 6.07) is 0. The molecule has 18 heavy (non-hydrogen) atoms. The van der Waals surface area contributed by atoms with Crippen LogP contribution in [0, 0.1) is 5.92 Å². The van der Waals surface area contributed by atoms with E-state index in [-0.39, 0.29) is 5.91 Å². The Morgan fingerprint density at radius 3 is 2.61 bits per heavy atom. The summed E-state index contributed by atoms with van der Waals surface area (Å²) in [5.41, 5.74) is 5.84. The zero-order valence-corrected chi connectivity index (χ0v) is 12.0. The van der Waals surface area contributed by atoms with Crippen molar-refractivity contribution in [2.45, 2.75) is 19.8 Å². The largest absolute Gasteiger partial charge is 0.382 e. The van der Waals surface area contributed by atoms with Crippen LogP contribution < -0.4 is 10.6 Å². The minimum absolute atomic E-state index is 0.0208. The van der Waals surface area contributed by atoms with Gasteiger partial charge >= 0.3 is 0 Å². The van der Waals surface area contributed by atoms with Crippen molar-refractivity contribution in [3.63, 3.8) is 0 Å². The molecule has 0 spiro atoms. The van der Waals surface area contributed by atoms with Gasteiger partial charge in [0.05, 0.1) is 0 Å². The highest BCUT2D eigenvalue weighted by atomic mass is 32.1. The van der Waals surface area contributed by atoms with E-state index in [4.69, 9.17) is 5.73 Å². The first-order valence-electron chi connectivity index (χ1n) is 6.25. The molecule has 5 nitrogen and oxygen atoms in total. The molecule has 0 aliphatic heterocycles. The topological polar surface area (TPSA) is 62.5 Å². The zero-order chi connectivity index (χ0) is 13.3. The maximum absolute atomic E-state index is 12.4. The molecule has 2 rings (SSSR count). The lowest BCUT2D eigenvalue weighted by atomic mass is 10.3. The molecule has 1 aliphatic rings. The second-order valence-corrected chi connectivity index (χ2v) is 5.87. The van der Waals surface area contributed by atoms with E-state index < -0.39 is 0 Å². The van der Waals surface area contributed by atoms with Crippen LogP contribution in [0.25, 0.3) is 0 Å². The van der Waals surface area contributed by atoms with Crippen molar-refractivity contribution in [1.82, 2.24) is 9.88 Å². The number of anilines is 2. The Hall–Kier alpha value is -1.30. The molecule has 0 radical (unpaired) electrons. The number of amides is 1. The lowest BCUT2D eigenvalue weighted by Crippen LogP contribution is -2.32. The van der Waals surface area contributed by atoms with E-state index in [0.717, 1.165) is 18.2 Å². The summed E-state index contributed by atoms with van der Waals surface area (Å²) in [5, 5.41) is 0.776. The van der Waals surface area contributed by atoms with Crippen LogP contribution in [-0.2, 0) is 0 Å². The SMILES string of the molecule is CCN(CC1CC1)C(=O)c1sc(N(C)C)nc1N. The Morgan fingerprint density at radius 1 is 1.50 bits per heavy atom. The predicted molar refractivity (Wildman–Crippen MR) is 75.2 cm³/mol. The van der Waals surface area contributed by atoms with Crippen LogP contribution in [0.3, 0.4) is 0 Å². The number of hydrogen-bond donors (Lipinski definition) is 1. The molecule has 100 valence electrons. The average molecular weight is 268 g/mol. The van der Waals surface area contributed by atoms with E-state index in [1.54, 1.807) is 0 Å². The second-order valence-electron chi connectivity index (χ2n) is 4.89. The van der Waals surface area contributed by atoms with Crippen molar-refractivity contribution in [1.29, 1.82) is 0 Å². The van der Waals surface area contributed by atoms with Gasteiger partial charge in [-0.1, -0.05) is 11.3 Å². The van der Waals surface area contributed by atoms with Gasteiger partial charge in [-0.05, 0) is 25.7 Å². The highest BCUT2D eigenvalue weighted by molar-refractivity contribution is 7.18. The van der Waals surface area contributed by atoms with Crippen LogP contribution in [0.4, 0.5) is 10.9 Å². The molecule has 1 heterocycles. The predicted octanol–water partition coefficient (Wildman–Crippen LogP) is 1.66. The minimum Gasteiger partial charge on any atom is -0.382 e. The molecule has 1 fully saturated rings. The Bertz CT molecular complexity index is 439. The van der Waals surface area contributed by atoms with Crippen molar-refractivity contribution in [3.05, 3.63) is 4.88 Å². The smallest absolute Gasteiger partial charge is 0.267 e. The first-order chi connectivity index (χ1) is 8.52. The van der Waals surface area contributed by atoms with Gasteiger partial charge in [-0.3, -0.25) is 4.79 Å². The van der Waals surface area contributed by atoms with E-state index >= 15 is 0 Å². The summed E-state index contributed by atoms with van der Waals surface area (Å²) in [6.45, 7) is 3.58. The second kappa shape index (κ2) is 5.14. The summed E-state index contributed by atoms with van der Waals surface area (Å²) in [7, 11) is 3.79. The normalized spacial score (nSPS) is 14.6. The first kappa shape index (κ1) is 13.1. The average Bonchev–Trinajstić information content (AvgIpc) is 3.06. The Labute approximate surface area is 112 Å². The van der Waals surface area contributed by atoms with Gasteiger partial charge in [0, 0.05) is 27.2 Å². The van der Waals surface area contributed by atoms with Gasteiger partial charge in [0.1, 0.15) is 10.7 Å². The number of hydrogen-bond acceptors (Lipinski definition) is 5. The number of nitrogen functional groups attached to an aromatic ring is 1. The lowest BCUT2D eigenvalue weighted by molar-refractivity contribution is 0.0762. The number of carbonyl (C=O) groups is 1. The maximum Gasteiger partial charge on any atom is 0.267 e. The van der Waals surface area contributed by atoms with Gasteiger partial charge in [-0.2, -0.15) is 0 Å². The number of carbonyl (C=O) groups excluding carboxylic acids is 1. The summed E-state index contributed by atoms with van der Waals surface area (Å²) in [5.74, 6) is 1.06. The molecule has 0 atom stereocenters. The van der Waals surface area contributed by atoms with Gasteiger partial charge in [0.2, 0.25) is 0 Å². The van der Waals surface area contributed by atoms with Crippen molar-refractivity contribution >= 4 is 28.2 Å². The zero-order valence-electron chi connectivity index (χ0n) is 11.1. The van der Waals surface area contributed by atoms with Crippen LogP contribution >= 0.6 is 11.3 Å². The molecule has 1 aromatic heterocycles. The molecular weight excluding hydrogens is 248 g/mol. The quantitative estimate of drug-likeness (QED) is 0.882. The fourth-order valence-electron chi connectivity index (χ4n) is 1.78. The highest BCUT2D eigenvalue weighted by Crippen LogP contribution is 2.32. The minimum atomic E-state index is 0.0208. The van der Waals surface area contributed by atoms with E-state index in [1.165, 1.54) is 24.2 Å². The molecule has 0 bridgehead atoms. The fourth-order valence-corrected chi connectivity index (χ4v) is 2.65. The number of rotatable bonds is 5. The molecule has 1 saturated carbocycles. The van der Waals surface area contributed by atoms with Crippen LogP contribution in [0.5, 0.6) is 0 Å². The van der Waals surface area contributed by atoms with Crippen LogP contribution in [0.15, 0.2) is 0 Å². The maximum atomic E-state index is 12.4. The van der Waals surface area contributed by atoms with Crippen LogP contribution in [0.2, 0.25) is 0 Å². The third-order valence-electron chi connectivity index (χ3n) is 3.06. The molecule has 0 unspecified atom stereocenters. The highest BCUT2D eigenvalue weighted by Gasteiger charge is 2.28. The molecule has 0 aromatic carbocycles. The molecule has 1 aliphatic carbocycles. The summed E-state index contributed by atoms with van der Waals surface area (Å²) in [4.78, 5) is 20.9. The van der Waals surface area contributed by atoms with Gasteiger partial charge in [0.15, 0.2) is 5.13 Å². The first-order valence-corrected chi connectivity index (χ1v) is 7.07. The molecule has 1 amide bonds. The fraction of sp³-hybridized carbons (Fsp3) is 0.667. The van der Waals surface area contributed by atoms with Gasteiger partial charge in [0.25, 0.3) is 5.91 Å². The van der Waals surface area contributed by atoms with Crippen LogP contribution in [-0.4, -0.2) is 43.0 Å². The Kier molecular flexibility index (Phi) is 3.75. The number of nitrogens with zero attached hydrogens (tertiary/aromatic N) is 3.